The summed E-state index contributed by atoms with van der Waals surface area (Å²) < 4.78 is 5.90. The molecular formula is C11H18O2S. The van der Waals surface area contributed by atoms with E-state index in [0.717, 1.165) is 30.8 Å². The summed E-state index contributed by atoms with van der Waals surface area (Å²) in [6.07, 6.45) is 3.54. The maximum atomic E-state index is 11.4. The highest BCUT2D eigenvalue weighted by molar-refractivity contribution is 8.00. The van der Waals surface area contributed by atoms with Crippen LogP contribution in [0.2, 0.25) is 0 Å². The zero-order valence-electron chi connectivity index (χ0n) is 8.91. The third kappa shape index (κ3) is 2.31. The molecular weight excluding hydrogens is 196 g/mol. The quantitative estimate of drug-likeness (QED) is 0.705. The molecule has 0 saturated carbocycles. The number of thioether (sulfide) groups is 1. The van der Waals surface area contributed by atoms with Gasteiger partial charge in [0.15, 0.2) is 0 Å². The van der Waals surface area contributed by atoms with E-state index in [1.54, 1.807) is 11.8 Å². The number of ether oxygens (including phenoxy) is 1. The van der Waals surface area contributed by atoms with Crippen LogP contribution in [0.15, 0.2) is 0 Å². The number of ketones is 1. The Kier molecular flexibility index (Phi) is 2.89. The van der Waals surface area contributed by atoms with E-state index >= 15 is 0 Å². The van der Waals surface area contributed by atoms with E-state index < -0.39 is 0 Å². The predicted molar refractivity (Wildman–Crippen MR) is 58.6 cm³/mol. The van der Waals surface area contributed by atoms with Crippen molar-refractivity contribution in [3.63, 3.8) is 0 Å². The minimum absolute atomic E-state index is 0.0411. The van der Waals surface area contributed by atoms with E-state index in [9.17, 15) is 4.79 Å². The molecule has 2 atom stereocenters. The molecule has 2 saturated heterocycles. The minimum Gasteiger partial charge on any atom is -0.372 e. The molecule has 0 aliphatic carbocycles. The molecule has 0 aromatic carbocycles. The minimum atomic E-state index is 0.0411. The molecule has 80 valence electrons. The standard InChI is InChI=1S/C11H18O2S/c1-11(2)4-3-9(13-11)5-8-6-14-7-10(8)12/h8-9H,3-7H2,1-2H3. The Morgan fingerprint density at radius 3 is 2.86 bits per heavy atom. The molecule has 0 amide bonds. The van der Waals surface area contributed by atoms with Crippen molar-refractivity contribution in [2.45, 2.75) is 44.8 Å². The molecule has 0 aromatic heterocycles. The highest BCUT2D eigenvalue weighted by Gasteiger charge is 2.35. The summed E-state index contributed by atoms with van der Waals surface area (Å²) in [5.41, 5.74) is 0.0411. The van der Waals surface area contributed by atoms with Gasteiger partial charge >= 0.3 is 0 Å². The van der Waals surface area contributed by atoms with Crippen LogP contribution in [0.1, 0.15) is 33.1 Å². The van der Waals surface area contributed by atoms with Gasteiger partial charge in [0, 0.05) is 11.7 Å². The van der Waals surface area contributed by atoms with Gasteiger partial charge in [0.2, 0.25) is 0 Å². The summed E-state index contributed by atoms with van der Waals surface area (Å²) >= 11 is 1.77. The van der Waals surface area contributed by atoms with Gasteiger partial charge in [-0.05, 0) is 33.1 Å². The summed E-state index contributed by atoms with van der Waals surface area (Å²) in [5, 5.41) is 0. The van der Waals surface area contributed by atoms with Crippen LogP contribution in [0.3, 0.4) is 0 Å². The lowest BCUT2D eigenvalue weighted by molar-refractivity contribution is -0.120. The third-order valence-corrected chi connectivity index (χ3v) is 4.25. The smallest absolute Gasteiger partial charge is 0.146 e. The molecule has 0 aromatic rings. The lowest BCUT2D eigenvalue weighted by Crippen LogP contribution is -2.23. The number of hydrogen-bond acceptors (Lipinski definition) is 3. The second-order valence-electron chi connectivity index (χ2n) is 4.95. The van der Waals surface area contributed by atoms with Gasteiger partial charge in [0.05, 0.1) is 17.5 Å². The van der Waals surface area contributed by atoms with E-state index in [1.165, 1.54) is 0 Å². The lowest BCUT2D eigenvalue weighted by atomic mass is 9.97. The molecule has 2 aliphatic rings. The average molecular weight is 214 g/mol. The maximum Gasteiger partial charge on any atom is 0.146 e. The summed E-state index contributed by atoms with van der Waals surface area (Å²) in [4.78, 5) is 11.4. The van der Waals surface area contributed by atoms with Crippen molar-refractivity contribution in [1.29, 1.82) is 0 Å². The number of carbonyl (C=O) groups excluding carboxylic acids is 1. The SMILES string of the molecule is CC1(C)CCC(CC2CSCC2=O)O1. The Labute approximate surface area is 89.8 Å². The van der Waals surface area contributed by atoms with Gasteiger partial charge in [0.25, 0.3) is 0 Å². The largest absolute Gasteiger partial charge is 0.372 e. The van der Waals surface area contributed by atoms with Crippen LogP contribution < -0.4 is 0 Å². The summed E-state index contributed by atoms with van der Waals surface area (Å²) in [6.45, 7) is 4.27. The lowest BCUT2D eigenvalue weighted by Gasteiger charge is -2.20. The average Bonchev–Trinajstić information content (AvgIpc) is 2.61. The van der Waals surface area contributed by atoms with Crippen LogP contribution in [0, 0.1) is 5.92 Å². The van der Waals surface area contributed by atoms with Crippen LogP contribution in [0.5, 0.6) is 0 Å². The van der Waals surface area contributed by atoms with Crippen LogP contribution in [0.4, 0.5) is 0 Å². The first-order valence-corrected chi connectivity index (χ1v) is 6.50. The van der Waals surface area contributed by atoms with E-state index in [0.29, 0.717) is 11.9 Å². The van der Waals surface area contributed by atoms with Gasteiger partial charge < -0.3 is 4.74 Å². The Hall–Kier alpha value is -0.0200. The molecule has 2 rings (SSSR count). The molecule has 14 heavy (non-hydrogen) atoms. The van der Waals surface area contributed by atoms with Crippen LogP contribution >= 0.6 is 11.8 Å². The second kappa shape index (κ2) is 3.86. The van der Waals surface area contributed by atoms with Crippen molar-refractivity contribution in [2.24, 2.45) is 5.92 Å². The van der Waals surface area contributed by atoms with Crippen molar-refractivity contribution in [1.82, 2.24) is 0 Å². The Bertz CT molecular complexity index is 237. The molecule has 0 N–H and O–H groups in total. The van der Waals surface area contributed by atoms with Crippen molar-refractivity contribution in [2.75, 3.05) is 11.5 Å². The third-order valence-electron chi connectivity index (χ3n) is 3.12. The number of hydrogen-bond donors (Lipinski definition) is 0. The van der Waals surface area contributed by atoms with Crippen LogP contribution in [-0.2, 0) is 9.53 Å². The highest BCUT2D eigenvalue weighted by atomic mass is 32.2. The second-order valence-corrected chi connectivity index (χ2v) is 5.98. The first kappa shape index (κ1) is 10.5. The normalized spacial score (nSPS) is 36.6. The molecule has 0 bridgehead atoms. The van der Waals surface area contributed by atoms with Crippen molar-refractivity contribution >= 4 is 17.5 Å². The number of carbonyl (C=O) groups is 1. The number of Topliss-reactive ketones (excluding diaryl/α,β-unsaturated/α-hetero) is 1. The molecule has 2 nitrogen and oxygen atoms in total. The fourth-order valence-electron chi connectivity index (χ4n) is 2.27. The summed E-state index contributed by atoms with van der Waals surface area (Å²) in [6, 6.07) is 0. The molecule has 0 radical (unpaired) electrons. The zero-order chi connectivity index (χ0) is 10.2. The first-order valence-electron chi connectivity index (χ1n) is 5.35. The van der Waals surface area contributed by atoms with Crippen molar-refractivity contribution in [3.8, 4) is 0 Å². The Morgan fingerprint density at radius 2 is 2.36 bits per heavy atom. The Balaban J connectivity index is 1.84. The topological polar surface area (TPSA) is 26.3 Å². The van der Waals surface area contributed by atoms with Gasteiger partial charge in [0.1, 0.15) is 5.78 Å². The predicted octanol–water partition coefficient (Wildman–Crippen LogP) is 2.27. The number of rotatable bonds is 2. The maximum absolute atomic E-state index is 11.4. The fourth-order valence-corrected chi connectivity index (χ4v) is 3.43. The molecule has 2 unspecified atom stereocenters. The van der Waals surface area contributed by atoms with Crippen molar-refractivity contribution in [3.05, 3.63) is 0 Å². The Morgan fingerprint density at radius 1 is 1.57 bits per heavy atom. The van der Waals surface area contributed by atoms with E-state index in [2.05, 4.69) is 13.8 Å². The van der Waals surface area contributed by atoms with E-state index in [-0.39, 0.29) is 11.5 Å². The fraction of sp³-hybridized carbons (Fsp3) is 0.909. The monoisotopic (exact) mass is 214 g/mol. The van der Waals surface area contributed by atoms with Gasteiger partial charge in [-0.2, -0.15) is 11.8 Å². The van der Waals surface area contributed by atoms with Crippen molar-refractivity contribution < 1.29 is 9.53 Å². The van der Waals surface area contributed by atoms with Crippen LogP contribution in [-0.4, -0.2) is 29.0 Å². The molecule has 3 heteroatoms. The molecule has 2 heterocycles. The van der Waals surface area contributed by atoms with Crippen LogP contribution in [0.25, 0.3) is 0 Å². The summed E-state index contributed by atoms with van der Waals surface area (Å²) in [7, 11) is 0. The van der Waals surface area contributed by atoms with Gasteiger partial charge in [-0.15, -0.1) is 0 Å². The molecule has 0 spiro atoms. The van der Waals surface area contributed by atoms with Gasteiger partial charge in [-0.3, -0.25) is 4.79 Å². The zero-order valence-corrected chi connectivity index (χ0v) is 9.73. The first-order chi connectivity index (χ1) is 6.57. The highest BCUT2D eigenvalue weighted by Crippen LogP contribution is 2.34. The molecule has 2 fully saturated rings. The molecule has 2 aliphatic heterocycles. The summed E-state index contributed by atoms with van der Waals surface area (Å²) in [5.74, 6) is 2.45. The van der Waals surface area contributed by atoms with E-state index in [4.69, 9.17) is 4.74 Å². The van der Waals surface area contributed by atoms with E-state index in [1.807, 2.05) is 0 Å². The van der Waals surface area contributed by atoms with Gasteiger partial charge in [-0.25, -0.2) is 0 Å². The van der Waals surface area contributed by atoms with Gasteiger partial charge in [-0.1, -0.05) is 0 Å².